The third-order valence-corrected chi connectivity index (χ3v) is 6.85. The van der Waals surface area contributed by atoms with Crippen molar-refractivity contribution in [2.45, 2.75) is 63.8 Å². The fourth-order valence-electron chi connectivity index (χ4n) is 4.79. The first-order chi connectivity index (χ1) is 13.0. The van der Waals surface area contributed by atoms with Crippen LogP contribution in [0.1, 0.15) is 58.3 Å². The molecule has 0 bridgehead atoms. The van der Waals surface area contributed by atoms with Gasteiger partial charge in [0, 0.05) is 13.1 Å². The van der Waals surface area contributed by atoms with Crippen molar-refractivity contribution in [3.8, 4) is 0 Å². The van der Waals surface area contributed by atoms with E-state index in [4.69, 9.17) is 0 Å². The van der Waals surface area contributed by atoms with Gasteiger partial charge in [0.15, 0.2) is 0 Å². The van der Waals surface area contributed by atoms with Crippen molar-refractivity contribution in [1.29, 1.82) is 0 Å². The van der Waals surface area contributed by atoms with Crippen LogP contribution in [-0.2, 0) is 9.59 Å². The molecule has 0 aromatic rings. The molecular weight excluding hydrogens is 344 g/mol. The van der Waals surface area contributed by atoms with Crippen molar-refractivity contribution < 1.29 is 14.4 Å². The van der Waals surface area contributed by atoms with Crippen molar-refractivity contribution >= 4 is 17.8 Å². The molecule has 2 saturated heterocycles. The van der Waals surface area contributed by atoms with E-state index in [0.29, 0.717) is 24.7 Å². The van der Waals surface area contributed by atoms with Gasteiger partial charge in [0.2, 0.25) is 5.91 Å². The SMILES string of the molecule is CCC1CCC2(CC1)NC(=O)N(CC(=O)N1CCC(CCNC)CC1)C2=O. The zero-order chi connectivity index (χ0) is 19.4. The molecule has 1 saturated carbocycles. The van der Waals surface area contributed by atoms with Crippen LogP contribution in [0.15, 0.2) is 0 Å². The summed E-state index contributed by atoms with van der Waals surface area (Å²) in [6.45, 7) is 4.50. The first kappa shape index (κ1) is 20.1. The molecule has 2 aliphatic heterocycles. The fourth-order valence-corrected chi connectivity index (χ4v) is 4.79. The Morgan fingerprint density at radius 2 is 1.81 bits per heavy atom. The van der Waals surface area contributed by atoms with E-state index >= 15 is 0 Å². The van der Waals surface area contributed by atoms with Gasteiger partial charge in [-0.2, -0.15) is 0 Å². The molecule has 3 rings (SSSR count). The number of hydrogen-bond donors (Lipinski definition) is 2. The Labute approximate surface area is 162 Å². The minimum Gasteiger partial charge on any atom is -0.341 e. The predicted octanol–water partition coefficient (Wildman–Crippen LogP) is 1.73. The zero-order valence-corrected chi connectivity index (χ0v) is 16.8. The molecular formula is C20H34N4O3. The fraction of sp³-hybridized carbons (Fsp3) is 0.850. The van der Waals surface area contributed by atoms with Gasteiger partial charge < -0.3 is 15.5 Å². The molecule has 1 aliphatic carbocycles. The molecule has 152 valence electrons. The average molecular weight is 379 g/mol. The van der Waals surface area contributed by atoms with Crippen LogP contribution in [0, 0.1) is 11.8 Å². The van der Waals surface area contributed by atoms with E-state index in [0.717, 1.165) is 63.1 Å². The van der Waals surface area contributed by atoms with Crippen molar-refractivity contribution in [1.82, 2.24) is 20.4 Å². The van der Waals surface area contributed by atoms with Crippen LogP contribution >= 0.6 is 0 Å². The molecule has 0 aromatic heterocycles. The van der Waals surface area contributed by atoms with Crippen LogP contribution in [-0.4, -0.2) is 66.4 Å². The number of nitrogens with zero attached hydrogens (tertiary/aromatic N) is 2. The Kier molecular flexibility index (Phi) is 6.40. The van der Waals surface area contributed by atoms with Crippen LogP contribution in [0.4, 0.5) is 4.79 Å². The van der Waals surface area contributed by atoms with Gasteiger partial charge in [-0.05, 0) is 70.4 Å². The Morgan fingerprint density at radius 1 is 1.15 bits per heavy atom. The van der Waals surface area contributed by atoms with Gasteiger partial charge in [-0.25, -0.2) is 4.79 Å². The van der Waals surface area contributed by atoms with Crippen molar-refractivity contribution in [3.05, 3.63) is 0 Å². The molecule has 2 N–H and O–H groups in total. The molecule has 1 spiro atoms. The standard InChI is InChI=1S/C20H34N4O3/c1-3-15-4-9-20(10-5-15)18(26)24(19(27)22-20)14-17(25)23-12-7-16(8-13-23)6-11-21-2/h15-16,21H,3-14H2,1-2H3,(H,22,27). The van der Waals surface area contributed by atoms with Gasteiger partial charge in [0.05, 0.1) is 0 Å². The second-order valence-corrected chi connectivity index (χ2v) is 8.47. The summed E-state index contributed by atoms with van der Waals surface area (Å²) in [5.41, 5.74) is -0.761. The number of likely N-dealkylation sites (tertiary alicyclic amines) is 1. The molecule has 7 nitrogen and oxygen atoms in total. The summed E-state index contributed by atoms with van der Waals surface area (Å²) in [6.07, 6.45) is 7.55. The van der Waals surface area contributed by atoms with Crippen LogP contribution in [0.25, 0.3) is 0 Å². The van der Waals surface area contributed by atoms with Gasteiger partial charge in [-0.3, -0.25) is 14.5 Å². The lowest BCUT2D eigenvalue weighted by atomic mass is 9.75. The highest BCUT2D eigenvalue weighted by atomic mass is 16.2. The quantitative estimate of drug-likeness (QED) is 0.690. The van der Waals surface area contributed by atoms with Crippen LogP contribution in [0.3, 0.4) is 0 Å². The molecule has 0 aromatic carbocycles. The minimum absolute atomic E-state index is 0.107. The van der Waals surface area contributed by atoms with Gasteiger partial charge in [-0.15, -0.1) is 0 Å². The molecule has 7 heteroatoms. The number of carbonyl (C=O) groups excluding carboxylic acids is 3. The maximum absolute atomic E-state index is 12.9. The van der Waals surface area contributed by atoms with E-state index < -0.39 is 11.6 Å². The lowest BCUT2D eigenvalue weighted by molar-refractivity contribution is -0.140. The highest BCUT2D eigenvalue weighted by Gasteiger charge is 2.52. The molecule has 0 unspecified atom stereocenters. The Hall–Kier alpha value is -1.63. The van der Waals surface area contributed by atoms with E-state index in [2.05, 4.69) is 17.6 Å². The number of carbonyl (C=O) groups is 3. The van der Waals surface area contributed by atoms with E-state index in [1.165, 1.54) is 0 Å². The van der Waals surface area contributed by atoms with Crippen LogP contribution < -0.4 is 10.6 Å². The van der Waals surface area contributed by atoms with E-state index in [9.17, 15) is 14.4 Å². The number of piperidine rings is 1. The predicted molar refractivity (Wildman–Crippen MR) is 103 cm³/mol. The van der Waals surface area contributed by atoms with Crippen molar-refractivity contribution in [2.75, 3.05) is 33.2 Å². The summed E-state index contributed by atoms with van der Waals surface area (Å²) >= 11 is 0. The summed E-state index contributed by atoms with van der Waals surface area (Å²) in [5, 5.41) is 6.08. The Bertz CT molecular complexity index is 564. The summed E-state index contributed by atoms with van der Waals surface area (Å²) in [6, 6.07) is -0.396. The lowest BCUT2D eigenvalue weighted by Crippen LogP contribution is -2.50. The Morgan fingerprint density at radius 3 is 2.41 bits per heavy atom. The molecule has 0 atom stereocenters. The smallest absolute Gasteiger partial charge is 0.325 e. The van der Waals surface area contributed by atoms with E-state index in [1.807, 2.05) is 11.9 Å². The number of urea groups is 1. The molecule has 3 aliphatic rings. The zero-order valence-electron chi connectivity index (χ0n) is 16.8. The number of hydrogen-bond acceptors (Lipinski definition) is 4. The van der Waals surface area contributed by atoms with Crippen molar-refractivity contribution in [3.63, 3.8) is 0 Å². The van der Waals surface area contributed by atoms with Gasteiger partial charge in [0.1, 0.15) is 12.1 Å². The van der Waals surface area contributed by atoms with Gasteiger partial charge in [-0.1, -0.05) is 13.3 Å². The summed E-state index contributed by atoms with van der Waals surface area (Å²) < 4.78 is 0. The monoisotopic (exact) mass is 378 g/mol. The summed E-state index contributed by atoms with van der Waals surface area (Å²) in [4.78, 5) is 41.0. The van der Waals surface area contributed by atoms with Gasteiger partial charge >= 0.3 is 6.03 Å². The van der Waals surface area contributed by atoms with E-state index in [1.54, 1.807) is 0 Å². The molecule has 2 heterocycles. The average Bonchev–Trinajstić information content (AvgIpc) is 2.91. The normalized spacial score (nSPS) is 29.5. The second-order valence-electron chi connectivity index (χ2n) is 8.47. The maximum Gasteiger partial charge on any atom is 0.325 e. The first-order valence-electron chi connectivity index (χ1n) is 10.6. The van der Waals surface area contributed by atoms with E-state index in [-0.39, 0.29) is 18.4 Å². The molecule has 4 amide bonds. The largest absolute Gasteiger partial charge is 0.341 e. The molecule has 27 heavy (non-hydrogen) atoms. The number of nitrogens with one attached hydrogen (secondary N) is 2. The van der Waals surface area contributed by atoms with Crippen LogP contribution in [0.2, 0.25) is 0 Å². The number of imide groups is 1. The number of rotatable bonds is 6. The Balaban J connectivity index is 1.53. The van der Waals surface area contributed by atoms with Gasteiger partial charge in [0.25, 0.3) is 5.91 Å². The third kappa shape index (κ3) is 4.28. The topological polar surface area (TPSA) is 81.8 Å². The first-order valence-corrected chi connectivity index (χ1v) is 10.6. The van der Waals surface area contributed by atoms with Crippen LogP contribution in [0.5, 0.6) is 0 Å². The number of amides is 4. The molecule has 0 radical (unpaired) electrons. The third-order valence-electron chi connectivity index (χ3n) is 6.85. The highest BCUT2D eigenvalue weighted by molar-refractivity contribution is 6.09. The maximum atomic E-state index is 12.9. The minimum atomic E-state index is -0.761. The second kappa shape index (κ2) is 8.59. The lowest BCUT2D eigenvalue weighted by Gasteiger charge is -2.35. The molecule has 3 fully saturated rings. The highest BCUT2D eigenvalue weighted by Crippen LogP contribution is 2.37. The summed E-state index contributed by atoms with van der Waals surface area (Å²) in [7, 11) is 1.96. The van der Waals surface area contributed by atoms with Crippen molar-refractivity contribution in [2.24, 2.45) is 11.8 Å². The summed E-state index contributed by atoms with van der Waals surface area (Å²) in [5.74, 6) is 0.986.